The van der Waals surface area contributed by atoms with Gasteiger partial charge in [-0.1, -0.05) is 18.0 Å². The Balaban J connectivity index is 0.00000180. The molecule has 0 radical (unpaired) electrons. The van der Waals surface area contributed by atoms with Crippen molar-refractivity contribution in [3.05, 3.63) is 29.0 Å². The largest absolute Gasteiger partial charge is 0.328 e. The molecule has 0 aromatic heterocycles. The van der Waals surface area contributed by atoms with Crippen LogP contribution < -0.4 is 11.1 Å². The summed E-state index contributed by atoms with van der Waals surface area (Å²) in [6.45, 7) is 0. The van der Waals surface area contributed by atoms with Crippen LogP contribution in [0.4, 0.5) is 10.1 Å². The smallest absolute Gasteiger partial charge is 0.227 e. The summed E-state index contributed by atoms with van der Waals surface area (Å²) in [6.07, 6.45) is 3.52. The molecule has 2 unspecified atom stereocenters. The van der Waals surface area contributed by atoms with Gasteiger partial charge in [-0.05, 0) is 37.5 Å². The summed E-state index contributed by atoms with van der Waals surface area (Å²) in [7, 11) is 0. The lowest BCUT2D eigenvalue weighted by molar-refractivity contribution is -0.120. The summed E-state index contributed by atoms with van der Waals surface area (Å²) < 4.78 is 13.0. The van der Waals surface area contributed by atoms with E-state index in [1.165, 1.54) is 18.2 Å². The monoisotopic (exact) mass is 306 g/mol. The Kier molecular flexibility index (Phi) is 6.04. The predicted octanol–water partition coefficient (Wildman–Crippen LogP) is 3.36. The van der Waals surface area contributed by atoms with Crippen molar-refractivity contribution in [1.82, 2.24) is 0 Å². The second-order valence-corrected chi connectivity index (χ2v) is 5.15. The molecule has 1 aliphatic carbocycles. The lowest BCUT2D eigenvalue weighted by atomic mass is 9.85. The minimum Gasteiger partial charge on any atom is -0.328 e. The van der Waals surface area contributed by atoms with E-state index in [4.69, 9.17) is 17.3 Å². The molecule has 1 amide bonds. The van der Waals surface area contributed by atoms with E-state index in [1.54, 1.807) is 0 Å². The van der Waals surface area contributed by atoms with Crippen LogP contribution in [0.3, 0.4) is 0 Å². The predicted molar refractivity (Wildman–Crippen MR) is 77.2 cm³/mol. The van der Waals surface area contributed by atoms with Gasteiger partial charge in [-0.25, -0.2) is 4.39 Å². The summed E-state index contributed by atoms with van der Waals surface area (Å²) in [6, 6.07) is 4.26. The highest BCUT2D eigenvalue weighted by atomic mass is 35.5. The number of carbonyl (C=O) groups excluding carboxylic acids is 1. The summed E-state index contributed by atoms with van der Waals surface area (Å²) in [5.74, 6) is -0.611. The molecule has 106 valence electrons. The number of amides is 1. The molecular formula is C13H17Cl2FN2O. The fraction of sp³-hybridized carbons (Fsp3) is 0.462. The zero-order chi connectivity index (χ0) is 13.1. The Labute approximate surface area is 123 Å². The number of nitrogens with one attached hydrogen (secondary N) is 1. The van der Waals surface area contributed by atoms with Gasteiger partial charge in [0.15, 0.2) is 0 Å². The average Bonchev–Trinajstić information content (AvgIpc) is 2.34. The maximum Gasteiger partial charge on any atom is 0.227 e. The number of halogens is 3. The van der Waals surface area contributed by atoms with E-state index in [0.29, 0.717) is 12.1 Å². The molecule has 1 saturated carbocycles. The van der Waals surface area contributed by atoms with Crippen molar-refractivity contribution >= 4 is 35.6 Å². The van der Waals surface area contributed by atoms with Gasteiger partial charge in [0.2, 0.25) is 5.91 Å². The average molecular weight is 307 g/mol. The van der Waals surface area contributed by atoms with Gasteiger partial charge in [0.25, 0.3) is 0 Å². The van der Waals surface area contributed by atoms with Crippen molar-refractivity contribution in [1.29, 1.82) is 0 Å². The third-order valence-corrected chi connectivity index (χ3v) is 3.56. The molecule has 1 fully saturated rings. The van der Waals surface area contributed by atoms with Crippen LogP contribution in [-0.2, 0) is 4.79 Å². The Hall–Kier alpha value is -0.840. The standard InChI is InChI=1S/C13H16ClFN2O.ClH/c14-11-7-10(4-5-12(11)15)17-13(18)8-2-1-3-9(16)6-8;/h4-5,7-9H,1-3,6,16H2,(H,17,18);1H. The number of benzene rings is 1. The number of hydrogen-bond acceptors (Lipinski definition) is 2. The van der Waals surface area contributed by atoms with Crippen LogP contribution in [0.1, 0.15) is 25.7 Å². The summed E-state index contributed by atoms with van der Waals surface area (Å²) in [4.78, 5) is 12.0. The van der Waals surface area contributed by atoms with E-state index in [1.807, 2.05) is 0 Å². The first kappa shape index (κ1) is 16.2. The highest BCUT2D eigenvalue weighted by molar-refractivity contribution is 6.31. The number of nitrogens with two attached hydrogens (primary N) is 1. The highest BCUT2D eigenvalue weighted by Crippen LogP contribution is 2.25. The molecule has 0 spiro atoms. The van der Waals surface area contributed by atoms with Gasteiger partial charge in [0.1, 0.15) is 5.82 Å². The first-order valence-corrected chi connectivity index (χ1v) is 6.45. The third-order valence-electron chi connectivity index (χ3n) is 3.27. The van der Waals surface area contributed by atoms with Crippen molar-refractivity contribution in [2.75, 3.05) is 5.32 Å². The van der Waals surface area contributed by atoms with Gasteiger partial charge < -0.3 is 11.1 Å². The van der Waals surface area contributed by atoms with Crippen molar-refractivity contribution in [3.63, 3.8) is 0 Å². The Morgan fingerprint density at radius 2 is 2.16 bits per heavy atom. The number of hydrogen-bond donors (Lipinski definition) is 2. The molecule has 3 nitrogen and oxygen atoms in total. The van der Waals surface area contributed by atoms with Crippen LogP contribution in [0.15, 0.2) is 18.2 Å². The van der Waals surface area contributed by atoms with E-state index in [-0.39, 0.29) is 35.3 Å². The SMILES string of the molecule is Cl.NC1CCCC(C(=O)Nc2ccc(F)c(Cl)c2)C1. The van der Waals surface area contributed by atoms with E-state index in [0.717, 1.165) is 19.3 Å². The van der Waals surface area contributed by atoms with Gasteiger partial charge in [0, 0.05) is 17.6 Å². The fourth-order valence-electron chi connectivity index (χ4n) is 2.28. The molecule has 1 aromatic rings. The molecule has 1 aromatic carbocycles. The molecular weight excluding hydrogens is 290 g/mol. The summed E-state index contributed by atoms with van der Waals surface area (Å²) >= 11 is 5.66. The lowest BCUT2D eigenvalue weighted by Crippen LogP contribution is -2.34. The fourth-order valence-corrected chi connectivity index (χ4v) is 2.46. The number of anilines is 1. The Morgan fingerprint density at radius 3 is 2.79 bits per heavy atom. The summed E-state index contributed by atoms with van der Waals surface area (Å²) in [5.41, 5.74) is 6.37. The molecule has 0 heterocycles. The maximum absolute atomic E-state index is 13.0. The van der Waals surface area contributed by atoms with Gasteiger partial charge in [-0.15, -0.1) is 12.4 Å². The molecule has 2 atom stereocenters. The van der Waals surface area contributed by atoms with Crippen LogP contribution in [-0.4, -0.2) is 11.9 Å². The molecule has 2 rings (SSSR count). The lowest BCUT2D eigenvalue weighted by Gasteiger charge is -2.25. The third kappa shape index (κ3) is 4.34. The normalized spacial score (nSPS) is 22.5. The molecule has 3 N–H and O–H groups in total. The van der Waals surface area contributed by atoms with Crippen LogP contribution in [0.5, 0.6) is 0 Å². The van der Waals surface area contributed by atoms with Crippen molar-refractivity contribution < 1.29 is 9.18 Å². The van der Waals surface area contributed by atoms with E-state index >= 15 is 0 Å². The van der Waals surface area contributed by atoms with Gasteiger partial charge >= 0.3 is 0 Å². The molecule has 6 heteroatoms. The topological polar surface area (TPSA) is 55.1 Å². The second kappa shape index (κ2) is 7.08. The zero-order valence-corrected chi connectivity index (χ0v) is 11.9. The van der Waals surface area contributed by atoms with Crippen LogP contribution in [0, 0.1) is 11.7 Å². The van der Waals surface area contributed by atoms with Crippen LogP contribution >= 0.6 is 24.0 Å². The highest BCUT2D eigenvalue weighted by Gasteiger charge is 2.25. The minimum atomic E-state index is -0.491. The number of rotatable bonds is 2. The van der Waals surface area contributed by atoms with Crippen molar-refractivity contribution in [2.24, 2.45) is 11.7 Å². The number of carbonyl (C=O) groups is 1. The van der Waals surface area contributed by atoms with Gasteiger partial charge in [-0.2, -0.15) is 0 Å². The van der Waals surface area contributed by atoms with Gasteiger partial charge in [0.05, 0.1) is 5.02 Å². The quantitative estimate of drug-likeness (QED) is 0.880. The van der Waals surface area contributed by atoms with E-state index < -0.39 is 5.82 Å². The van der Waals surface area contributed by atoms with Crippen LogP contribution in [0.2, 0.25) is 5.02 Å². The summed E-state index contributed by atoms with van der Waals surface area (Å²) in [5, 5.41) is 2.76. The second-order valence-electron chi connectivity index (χ2n) is 4.74. The zero-order valence-electron chi connectivity index (χ0n) is 10.4. The first-order valence-electron chi connectivity index (χ1n) is 6.08. The molecule has 0 bridgehead atoms. The molecule has 1 aliphatic rings. The van der Waals surface area contributed by atoms with Gasteiger partial charge in [-0.3, -0.25) is 4.79 Å². The van der Waals surface area contributed by atoms with E-state index in [2.05, 4.69) is 5.32 Å². The Bertz CT molecular complexity index is 456. The Morgan fingerprint density at radius 1 is 1.42 bits per heavy atom. The molecule has 19 heavy (non-hydrogen) atoms. The van der Waals surface area contributed by atoms with E-state index in [9.17, 15) is 9.18 Å². The van der Waals surface area contributed by atoms with Crippen LogP contribution in [0.25, 0.3) is 0 Å². The van der Waals surface area contributed by atoms with Crippen molar-refractivity contribution in [2.45, 2.75) is 31.7 Å². The first-order chi connectivity index (χ1) is 8.56. The van der Waals surface area contributed by atoms with Crippen molar-refractivity contribution in [3.8, 4) is 0 Å². The maximum atomic E-state index is 13.0. The molecule has 0 saturated heterocycles. The minimum absolute atomic E-state index is 0. The molecule has 0 aliphatic heterocycles.